The molecule has 1 N–H and O–H groups in total. The number of hydrogen-bond acceptors (Lipinski definition) is 4. The van der Waals surface area contributed by atoms with Gasteiger partial charge >= 0.3 is 5.97 Å². The molecule has 0 saturated carbocycles. The van der Waals surface area contributed by atoms with Crippen molar-refractivity contribution < 1.29 is 19.5 Å². The standard InChI is InChI=1S/C19H23N3O4/c1-12-5-6-13(2)16(10-12)22-17(23)8-7-15(20-22)18(24)21-9-3-4-14(11-21)19(25)26/h5-6,10,14H,3-4,7-9,11H2,1-2H3,(H,25,26). The number of carboxylic acid groups (broad SMARTS) is 1. The fourth-order valence-corrected chi connectivity index (χ4v) is 3.39. The smallest absolute Gasteiger partial charge is 0.308 e. The monoisotopic (exact) mass is 357 g/mol. The van der Waals surface area contributed by atoms with Crippen LogP contribution in [0.25, 0.3) is 0 Å². The fraction of sp³-hybridized carbons (Fsp3) is 0.474. The molecule has 0 aromatic heterocycles. The van der Waals surface area contributed by atoms with E-state index in [4.69, 9.17) is 0 Å². The van der Waals surface area contributed by atoms with Crippen LogP contribution in [-0.2, 0) is 14.4 Å². The van der Waals surface area contributed by atoms with Crippen molar-refractivity contribution in [3.63, 3.8) is 0 Å². The maximum Gasteiger partial charge on any atom is 0.308 e. The number of aliphatic carboxylic acids is 1. The average Bonchev–Trinajstić information content (AvgIpc) is 2.64. The highest BCUT2D eigenvalue weighted by atomic mass is 16.4. The summed E-state index contributed by atoms with van der Waals surface area (Å²) in [6.45, 7) is 4.56. The number of likely N-dealkylation sites (tertiary alicyclic amines) is 1. The Hall–Kier alpha value is -2.70. The van der Waals surface area contributed by atoms with Crippen molar-refractivity contribution in [1.82, 2.24) is 4.90 Å². The Labute approximate surface area is 152 Å². The van der Waals surface area contributed by atoms with Gasteiger partial charge in [-0.05, 0) is 43.9 Å². The van der Waals surface area contributed by atoms with Crippen molar-refractivity contribution in [2.24, 2.45) is 11.0 Å². The first kappa shape index (κ1) is 18.1. The number of carbonyl (C=O) groups is 3. The highest BCUT2D eigenvalue weighted by molar-refractivity contribution is 6.40. The quantitative estimate of drug-likeness (QED) is 0.897. The first-order valence-corrected chi connectivity index (χ1v) is 8.86. The molecule has 1 atom stereocenters. The summed E-state index contributed by atoms with van der Waals surface area (Å²) in [5.74, 6) is -1.81. The molecule has 7 heteroatoms. The van der Waals surface area contributed by atoms with Crippen molar-refractivity contribution >= 4 is 29.2 Å². The topological polar surface area (TPSA) is 90.3 Å². The zero-order chi connectivity index (χ0) is 18.8. The highest BCUT2D eigenvalue weighted by Crippen LogP contribution is 2.26. The number of benzene rings is 1. The van der Waals surface area contributed by atoms with Crippen LogP contribution < -0.4 is 5.01 Å². The van der Waals surface area contributed by atoms with Gasteiger partial charge in [0.2, 0.25) is 5.91 Å². The molecule has 2 heterocycles. The second kappa shape index (κ2) is 7.27. The SMILES string of the molecule is Cc1ccc(C)c(N2N=C(C(=O)N3CCCC(C(=O)O)C3)CCC2=O)c1. The normalized spacial score (nSPS) is 20.8. The number of piperidine rings is 1. The van der Waals surface area contributed by atoms with Crippen LogP contribution in [0, 0.1) is 19.8 Å². The van der Waals surface area contributed by atoms with Crippen LogP contribution in [0.15, 0.2) is 23.3 Å². The molecule has 0 spiro atoms. The lowest BCUT2D eigenvalue weighted by Gasteiger charge is -2.32. The Morgan fingerprint density at radius 1 is 1.23 bits per heavy atom. The number of amides is 2. The molecular formula is C19H23N3O4. The molecule has 1 unspecified atom stereocenters. The number of hydrogen-bond donors (Lipinski definition) is 1. The van der Waals surface area contributed by atoms with Crippen LogP contribution in [0.1, 0.15) is 36.8 Å². The fourth-order valence-electron chi connectivity index (χ4n) is 3.39. The summed E-state index contributed by atoms with van der Waals surface area (Å²) < 4.78 is 0. The zero-order valence-corrected chi connectivity index (χ0v) is 15.1. The second-order valence-electron chi connectivity index (χ2n) is 6.97. The van der Waals surface area contributed by atoms with E-state index in [1.165, 1.54) is 5.01 Å². The molecule has 2 aliphatic rings. The molecular weight excluding hydrogens is 334 g/mol. The molecule has 7 nitrogen and oxygen atoms in total. The summed E-state index contributed by atoms with van der Waals surface area (Å²) in [7, 11) is 0. The van der Waals surface area contributed by atoms with E-state index in [2.05, 4.69) is 5.10 Å². The van der Waals surface area contributed by atoms with Crippen molar-refractivity contribution in [1.29, 1.82) is 0 Å². The first-order valence-electron chi connectivity index (χ1n) is 8.86. The van der Waals surface area contributed by atoms with Crippen molar-refractivity contribution in [3.05, 3.63) is 29.3 Å². The van der Waals surface area contributed by atoms with Crippen LogP contribution >= 0.6 is 0 Å². The number of aryl methyl sites for hydroxylation is 2. The Kier molecular flexibility index (Phi) is 5.06. The first-order chi connectivity index (χ1) is 12.4. The lowest BCUT2D eigenvalue weighted by atomic mass is 9.97. The van der Waals surface area contributed by atoms with E-state index in [1.54, 1.807) is 4.90 Å². The molecule has 0 aliphatic carbocycles. The van der Waals surface area contributed by atoms with Gasteiger partial charge in [0.25, 0.3) is 5.91 Å². The number of carboxylic acids is 1. The molecule has 2 aliphatic heterocycles. The summed E-state index contributed by atoms with van der Waals surface area (Å²) >= 11 is 0. The maximum absolute atomic E-state index is 12.8. The maximum atomic E-state index is 12.8. The number of anilines is 1. The van der Waals surface area contributed by atoms with Crippen LogP contribution in [0.5, 0.6) is 0 Å². The van der Waals surface area contributed by atoms with E-state index in [-0.39, 0.29) is 31.2 Å². The van der Waals surface area contributed by atoms with Crippen LogP contribution in [0.2, 0.25) is 0 Å². The van der Waals surface area contributed by atoms with E-state index in [9.17, 15) is 19.5 Å². The van der Waals surface area contributed by atoms with Crippen LogP contribution in [0.3, 0.4) is 0 Å². The number of rotatable bonds is 3. The average molecular weight is 357 g/mol. The minimum atomic E-state index is -0.875. The van der Waals surface area contributed by atoms with Gasteiger partial charge in [0.05, 0.1) is 11.6 Å². The number of hydrazone groups is 1. The predicted molar refractivity (Wildman–Crippen MR) is 97.0 cm³/mol. The minimum absolute atomic E-state index is 0.141. The number of carbonyl (C=O) groups excluding carboxylic acids is 2. The lowest BCUT2D eigenvalue weighted by Crippen LogP contribution is -2.47. The van der Waals surface area contributed by atoms with Gasteiger partial charge in [-0.15, -0.1) is 0 Å². The van der Waals surface area contributed by atoms with Crippen molar-refractivity contribution in [2.75, 3.05) is 18.1 Å². The molecule has 1 saturated heterocycles. The van der Waals surface area contributed by atoms with Gasteiger partial charge in [-0.1, -0.05) is 12.1 Å². The molecule has 26 heavy (non-hydrogen) atoms. The second-order valence-corrected chi connectivity index (χ2v) is 6.97. The largest absolute Gasteiger partial charge is 0.481 e. The van der Waals surface area contributed by atoms with E-state index in [1.807, 2.05) is 32.0 Å². The molecule has 138 valence electrons. The van der Waals surface area contributed by atoms with Gasteiger partial charge < -0.3 is 10.0 Å². The third-order valence-corrected chi connectivity index (χ3v) is 4.93. The molecule has 1 aromatic rings. The van der Waals surface area contributed by atoms with E-state index in [0.29, 0.717) is 30.8 Å². The summed E-state index contributed by atoms with van der Waals surface area (Å²) in [4.78, 5) is 38.0. The lowest BCUT2D eigenvalue weighted by molar-refractivity contribution is -0.144. The van der Waals surface area contributed by atoms with Gasteiger partial charge in [0, 0.05) is 25.9 Å². The third kappa shape index (κ3) is 3.61. The Balaban J connectivity index is 1.85. The molecule has 1 fully saturated rings. The van der Waals surface area contributed by atoms with Crippen LogP contribution in [0.4, 0.5) is 5.69 Å². The minimum Gasteiger partial charge on any atom is -0.481 e. The third-order valence-electron chi connectivity index (χ3n) is 4.93. The van der Waals surface area contributed by atoms with Crippen LogP contribution in [-0.4, -0.2) is 46.6 Å². The molecule has 0 radical (unpaired) electrons. The van der Waals surface area contributed by atoms with Crippen molar-refractivity contribution in [2.45, 2.75) is 39.5 Å². The molecule has 0 bridgehead atoms. The van der Waals surface area contributed by atoms with Gasteiger partial charge in [0.1, 0.15) is 5.71 Å². The summed E-state index contributed by atoms with van der Waals surface area (Å²) in [5, 5.41) is 14.9. The Morgan fingerprint density at radius 2 is 2.00 bits per heavy atom. The Morgan fingerprint density at radius 3 is 2.73 bits per heavy atom. The zero-order valence-electron chi connectivity index (χ0n) is 15.1. The summed E-state index contributed by atoms with van der Waals surface area (Å²) in [6.07, 6.45) is 1.75. The Bertz CT molecular complexity index is 787. The van der Waals surface area contributed by atoms with Gasteiger partial charge in [0.15, 0.2) is 0 Å². The molecule has 1 aromatic carbocycles. The van der Waals surface area contributed by atoms with E-state index < -0.39 is 11.9 Å². The van der Waals surface area contributed by atoms with E-state index in [0.717, 1.165) is 11.1 Å². The molecule has 3 rings (SSSR count). The highest BCUT2D eigenvalue weighted by Gasteiger charge is 2.33. The summed E-state index contributed by atoms with van der Waals surface area (Å²) in [5.41, 5.74) is 2.91. The van der Waals surface area contributed by atoms with Gasteiger partial charge in [-0.2, -0.15) is 5.10 Å². The summed E-state index contributed by atoms with van der Waals surface area (Å²) in [6, 6.07) is 5.76. The van der Waals surface area contributed by atoms with Crippen molar-refractivity contribution in [3.8, 4) is 0 Å². The number of nitrogens with zero attached hydrogens (tertiary/aromatic N) is 3. The predicted octanol–water partition coefficient (Wildman–Crippen LogP) is 2.11. The van der Waals surface area contributed by atoms with Gasteiger partial charge in [-0.3, -0.25) is 14.4 Å². The van der Waals surface area contributed by atoms with Gasteiger partial charge in [-0.25, -0.2) is 5.01 Å². The molecule has 2 amide bonds. The van der Waals surface area contributed by atoms with E-state index >= 15 is 0 Å².